The molecule has 1 aromatic heterocycles. The Hall–Kier alpha value is -1.89. The quantitative estimate of drug-likeness (QED) is 0.799. The summed E-state index contributed by atoms with van der Waals surface area (Å²) in [4.78, 5) is 15.9. The molecule has 1 amide bonds. The summed E-state index contributed by atoms with van der Waals surface area (Å²) < 4.78 is 12.7. The second-order valence-corrected chi connectivity index (χ2v) is 5.05. The average molecular weight is 294 g/mol. The molecule has 0 atom stereocenters. The fourth-order valence-electron chi connectivity index (χ4n) is 1.48. The summed E-state index contributed by atoms with van der Waals surface area (Å²) >= 11 is 1.28. The number of benzene rings is 1. The van der Waals surface area contributed by atoms with Crippen molar-refractivity contribution in [2.45, 2.75) is 25.0 Å². The average Bonchev–Trinajstić information content (AvgIpc) is 2.92. The van der Waals surface area contributed by atoms with Crippen LogP contribution in [-0.2, 0) is 17.8 Å². The van der Waals surface area contributed by atoms with Gasteiger partial charge in [0.25, 0.3) is 0 Å². The predicted molar refractivity (Wildman–Crippen MR) is 74.7 cm³/mol. The van der Waals surface area contributed by atoms with E-state index < -0.39 is 0 Å². The number of aromatic nitrogens is 3. The minimum atomic E-state index is -0.285. The van der Waals surface area contributed by atoms with Crippen molar-refractivity contribution in [1.82, 2.24) is 20.5 Å². The van der Waals surface area contributed by atoms with Crippen LogP contribution in [0.4, 0.5) is 4.39 Å². The molecule has 5 nitrogen and oxygen atoms in total. The summed E-state index contributed by atoms with van der Waals surface area (Å²) in [6.07, 6.45) is 0.782. The Morgan fingerprint density at radius 3 is 2.80 bits per heavy atom. The van der Waals surface area contributed by atoms with Gasteiger partial charge in [-0.2, -0.15) is 0 Å². The van der Waals surface area contributed by atoms with E-state index in [1.807, 2.05) is 6.92 Å². The van der Waals surface area contributed by atoms with Crippen molar-refractivity contribution < 1.29 is 9.18 Å². The van der Waals surface area contributed by atoms with Crippen LogP contribution in [0.2, 0.25) is 0 Å². The van der Waals surface area contributed by atoms with Crippen molar-refractivity contribution >= 4 is 17.7 Å². The zero-order chi connectivity index (χ0) is 14.4. The lowest BCUT2D eigenvalue weighted by Gasteiger charge is -2.04. The van der Waals surface area contributed by atoms with E-state index in [2.05, 4.69) is 20.5 Å². The first-order chi connectivity index (χ1) is 9.67. The Morgan fingerprint density at radius 2 is 2.15 bits per heavy atom. The Labute approximate surface area is 120 Å². The van der Waals surface area contributed by atoms with Crippen LogP contribution in [0.1, 0.15) is 18.3 Å². The number of rotatable bonds is 6. The van der Waals surface area contributed by atoms with Gasteiger partial charge in [-0.25, -0.2) is 9.37 Å². The molecular formula is C13H15FN4OS. The molecule has 106 valence electrons. The zero-order valence-electron chi connectivity index (χ0n) is 11.0. The maximum absolute atomic E-state index is 12.7. The van der Waals surface area contributed by atoms with Gasteiger partial charge < -0.3 is 5.32 Å². The SMILES string of the molecule is CCc1nc(SCC(=O)NCc2ccc(F)cc2)n[nH]1. The van der Waals surface area contributed by atoms with Gasteiger partial charge >= 0.3 is 0 Å². The van der Waals surface area contributed by atoms with Gasteiger partial charge in [0.2, 0.25) is 11.1 Å². The molecule has 0 aliphatic rings. The number of nitrogens with zero attached hydrogens (tertiary/aromatic N) is 2. The molecule has 0 radical (unpaired) electrons. The normalized spacial score (nSPS) is 10.5. The number of nitrogens with one attached hydrogen (secondary N) is 2. The summed E-state index contributed by atoms with van der Waals surface area (Å²) in [5, 5.41) is 10.1. The maximum Gasteiger partial charge on any atom is 0.230 e. The highest BCUT2D eigenvalue weighted by Crippen LogP contribution is 2.11. The Morgan fingerprint density at radius 1 is 1.40 bits per heavy atom. The van der Waals surface area contributed by atoms with E-state index in [0.717, 1.165) is 17.8 Å². The van der Waals surface area contributed by atoms with Crippen LogP contribution in [0.25, 0.3) is 0 Å². The van der Waals surface area contributed by atoms with Crippen LogP contribution in [-0.4, -0.2) is 26.8 Å². The molecule has 0 aliphatic heterocycles. The lowest BCUT2D eigenvalue weighted by atomic mass is 10.2. The summed E-state index contributed by atoms with van der Waals surface area (Å²) in [7, 11) is 0. The van der Waals surface area contributed by atoms with E-state index >= 15 is 0 Å². The maximum atomic E-state index is 12.7. The number of hydrogen-bond acceptors (Lipinski definition) is 4. The van der Waals surface area contributed by atoms with Crippen molar-refractivity contribution in [3.05, 3.63) is 41.5 Å². The largest absolute Gasteiger partial charge is 0.351 e. The first-order valence-corrected chi connectivity index (χ1v) is 7.21. The topological polar surface area (TPSA) is 70.7 Å². The molecule has 2 N–H and O–H groups in total. The summed E-state index contributed by atoms with van der Waals surface area (Å²) in [5.41, 5.74) is 0.857. The standard InChI is InChI=1S/C13H15FN4OS/c1-2-11-16-13(18-17-11)20-8-12(19)15-7-9-3-5-10(14)6-4-9/h3-6H,2,7-8H2,1H3,(H,15,19)(H,16,17,18). The molecule has 0 fully saturated rings. The van der Waals surface area contributed by atoms with Gasteiger partial charge in [0.05, 0.1) is 5.75 Å². The Bertz CT molecular complexity index is 570. The van der Waals surface area contributed by atoms with Gasteiger partial charge in [0.15, 0.2) is 0 Å². The van der Waals surface area contributed by atoms with Crippen LogP contribution in [0.15, 0.2) is 29.4 Å². The fraction of sp³-hybridized carbons (Fsp3) is 0.308. The van der Waals surface area contributed by atoms with Gasteiger partial charge in [-0.15, -0.1) is 5.10 Å². The van der Waals surface area contributed by atoms with Gasteiger partial charge in [-0.1, -0.05) is 30.8 Å². The second-order valence-electron chi connectivity index (χ2n) is 4.11. The third-order valence-corrected chi connectivity index (χ3v) is 3.43. The molecule has 2 rings (SSSR count). The van der Waals surface area contributed by atoms with Crippen molar-refractivity contribution in [3.63, 3.8) is 0 Å². The smallest absolute Gasteiger partial charge is 0.230 e. The molecule has 0 unspecified atom stereocenters. The molecule has 0 bridgehead atoms. The van der Waals surface area contributed by atoms with Gasteiger partial charge in [0, 0.05) is 13.0 Å². The number of carbonyl (C=O) groups is 1. The Balaban J connectivity index is 1.74. The van der Waals surface area contributed by atoms with Crippen LogP contribution in [0.3, 0.4) is 0 Å². The lowest BCUT2D eigenvalue weighted by molar-refractivity contribution is -0.118. The number of hydrogen-bond donors (Lipinski definition) is 2. The molecule has 0 aliphatic carbocycles. The number of amides is 1. The minimum Gasteiger partial charge on any atom is -0.351 e. The molecule has 0 saturated carbocycles. The molecule has 2 aromatic rings. The molecule has 0 spiro atoms. The number of aromatic amines is 1. The van der Waals surface area contributed by atoms with Crippen molar-refractivity contribution in [2.75, 3.05) is 5.75 Å². The number of H-pyrrole nitrogens is 1. The van der Waals surface area contributed by atoms with Crippen molar-refractivity contribution in [2.24, 2.45) is 0 Å². The number of aryl methyl sites for hydroxylation is 1. The van der Waals surface area contributed by atoms with Crippen molar-refractivity contribution in [3.8, 4) is 0 Å². The van der Waals surface area contributed by atoms with E-state index in [4.69, 9.17) is 0 Å². The molecule has 1 heterocycles. The number of halogens is 1. The van der Waals surface area contributed by atoms with Gasteiger partial charge in [0.1, 0.15) is 11.6 Å². The van der Waals surface area contributed by atoms with Crippen LogP contribution < -0.4 is 5.32 Å². The fourth-order valence-corrected chi connectivity index (χ4v) is 2.13. The molecule has 0 saturated heterocycles. The summed E-state index contributed by atoms with van der Waals surface area (Å²) in [5.74, 6) is 0.663. The van der Waals surface area contributed by atoms with Gasteiger partial charge in [-0.3, -0.25) is 9.89 Å². The molecule has 7 heteroatoms. The highest BCUT2D eigenvalue weighted by Gasteiger charge is 2.06. The molecular weight excluding hydrogens is 279 g/mol. The molecule has 20 heavy (non-hydrogen) atoms. The Kier molecular flexibility index (Phi) is 5.11. The minimum absolute atomic E-state index is 0.109. The number of thioether (sulfide) groups is 1. The summed E-state index contributed by atoms with van der Waals surface area (Å²) in [6.45, 7) is 2.36. The van der Waals surface area contributed by atoms with Gasteiger partial charge in [-0.05, 0) is 17.7 Å². The first kappa shape index (κ1) is 14.5. The van der Waals surface area contributed by atoms with E-state index in [0.29, 0.717) is 11.7 Å². The van der Waals surface area contributed by atoms with Crippen molar-refractivity contribution in [1.29, 1.82) is 0 Å². The van der Waals surface area contributed by atoms with E-state index in [1.54, 1.807) is 12.1 Å². The number of carbonyl (C=O) groups excluding carboxylic acids is 1. The van der Waals surface area contributed by atoms with Crippen LogP contribution in [0.5, 0.6) is 0 Å². The zero-order valence-corrected chi connectivity index (χ0v) is 11.8. The van der Waals surface area contributed by atoms with E-state index in [9.17, 15) is 9.18 Å². The predicted octanol–water partition coefficient (Wildman–Crippen LogP) is 1.91. The third-order valence-electron chi connectivity index (χ3n) is 2.58. The lowest BCUT2D eigenvalue weighted by Crippen LogP contribution is -2.24. The van der Waals surface area contributed by atoms with Crippen LogP contribution in [0, 0.1) is 5.82 Å². The third kappa shape index (κ3) is 4.34. The monoisotopic (exact) mass is 294 g/mol. The van der Waals surface area contributed by atoms with E-state index in [1.165, 1.54) is 23.9 Å². The van der Waals surface area contributed by atoms with E-state index in [-0.39, 0.29) is 17.5 Å². The second kappa shape index (κ2) is 7.04. The molecule has 1 aromatic carbocycles. The van der Waals surface area contributed by atoms with Crippen LogP contribution >= 0.6 is 11.8 Å². The summed E-state index contributed by atoms with van der Waals surface area (Å²) in [6, 6.07) is 6.03. The highest BCUT2D eigenvalue weighted by atomic mass is 32.2. The highest BCUT2D eigenvalue weighted by molar-refractivity contribution is 7.99. The first-order valence-electron chi connectivity index (χ1n) is 6.22.